The van der Waals surface area contributed by atoms with Gasteiger partial charge in [-0.2, -0.15) is 0 Å². The van der Waals surface area contributed by atoms with Gasteiger partial charge in [-0.1, -0.05) is 24.6 Å². The number of aromatic nitrogens is 1. The zero-order chi connectivity index (χ0) is 15.2. The first-order valence-electron chi connectivity index (χ1n) is 7.77. The van der Waals surface area contributed by atoms with Gasteiger partial charge in [0.15, 0.2) is 5.84 Å². The van der Waals surface area contributed by atoms with E-state index in [0.717, 1.165) is 18.0 Å². The molecule has 0 atom stereocenters. The van der Waals surface area contributed by atoms with E-state index in [0.29, 0.717) is 11.7 Å². The molecule has 0 radical (unpaired) electrons. The van der Waals surface area contributed by atoms with Crippen LogP contribution in [0.3, 0.4) is 0 Å². The fraction of sp³-hybridized carbons (Fsp3) is 0.625. The molecule has 0 bridgehead atoms. The molecule has 2 rings (SSSR count). The molecule has 0 spiro atoms. The van der Waals surface area contributed by atoms with Gasteiger partial charge >= 0.3 is 0 Å². The lowest BCUT2D eigenvalue weighted by atomic mass is 9.84. The van der Waals surface area contributed by atoms with Gasteiger partial charge in [-0.25, -0.2) is 0 Å². The predicted octanol–water partition coefficient (Wildman–Crippen LogP) is 2.58. The Labute approximate surface area is 126 Å². The van der Waals surface area contributed by atoms with E-state index in [4.69, 9.17) is 10.9 Å². The number of rotatable bonds is 5. The molecule has 21 heavy (non-hydrogen) atoms. The molecule has 0 aliphatic heterocycles. The van der Waals surface area contributed by atoms with Gasteiger partial charge in [-0.15, -0.1) is 0 Å². The Kier molecular flexibility index (Phi) is 5.56. The first-order chi connectivity index (χ1) is 10.2. The highest BCUT2D eigenvalue weighted by atomic mass is 16.4. The number of nitrogens with zero attached hydrogens (tertiary/aromatic N) is 3. The van der Waals surface area contributed by atoms with Crippen molar-refractivity contribution in [2.45, 2.75) is 51.6 Å². The highest BCUT2D eigenvalue weighted by molar-refractivity contribution is 5.96. The van der Waals surface area contributed by atoms with Crippen LogP contribution in [0, 0.1) is 5.92 Å². The molecule has 0 unspecified atom stereocenters. The van der Waals surface area contributed by atoms with Crippen LogP contribution in [0.15, 0.2) is 23.5 Å². The van der Waals surface area contributed by atoms with Crippen molar-refractivity contribution in [2.75, 3.05) is 7.05 Å². The predicted molar refractivity (Wildman–Crippen MR) is 84.3 cm³/mol. The van der Waals surface area contributed by atoms with Crippen LogP contribution in [0.4, 0.5) is 0 Å². The Hall–Kier alpha value is -1.62. The Morgan fingerprint density at radius 2 is 2.14 bits per heavy atom. The minimum absolute atomic E-state index is 0.0775. The third-order valence-corrected chi connectivity index (χ3v) is 4.68. The summed E-state index contributed by atoms with van der Waals surface area (Å²) in [7, 11) is 2.15. The zero-order valence-corrected chi connectivity index (χ0v) is 13.0. The molecule has 1 aromatic rings. The summed E-state index contributed by atoms with van der Waals surface area (Å²) in [6.07, 6.45) is 8.13. The molecule has 5 heteroatoms. The average molecular weight is 290 g/mol. The number of hydrogen-bond donors (Lipinski definition) is 2. The Morgan fingerprint density at radius 3 is 2.76 bits per heavy atom. The molecule has 3 N–H and O–H groups in total. The number of amidine groups is 1. The van der Waals surface area contributed by atoms with Crippen LogP contribution < -0.4 is 5.73 Å². The number of oxime groups is 1. The topological polar surface area (TPSA) is 74.7 Å². The first kappa shape index (κ1) is 15.8. The van der Waals surface area contributed by atoms with E-state index in [1.807, 2.05) is 12.1 Å². The molecule has 0 aromatic carbocycles. The lowest BCUT2D eigenvalue weighted by Crippen LogP contribution is -2.35. The fourth-order valence-electron chi connectivity index (χ4n) is 3.24. The second kappa shape index (κ2) is 7.41. The molecule has 0 saturated heterocycles. The highest BCUT2D eigenvalue weighted by Gasteiger charge is 2.23. The quantitative estimate of drug-likeness (QED) is 0.378. The molecule has 1 fully saturated rings. The van der Waals surface area contributed by atoms with Gasteiger partial charge in [0.05, 0.1) is 0 Å². The van der Waals surface area contributed by atoms with Crippen LogP contribution in [0.1, 0.15) is 50.3 Å². The maximum absolute atomic E-state index is 8.86. The summed E-state index contributed by atoms with van der Waals surface area (Å²) in [5.74, 6) is 0.981. The Morgan fingerprint density at radius 1 is 1.43 bits per heavy atom. The molecule has 1 saturated carbocycles. The maximum Gasteiger partial charge on any atom is 0.189 e. The molecule has 0 amide bonds. The summed E-state index contributed by atoms with van der Waals surface area (Å²) in [4.78, 5) is 6.60. The van der Waals surface area contributed by atoms with Crippen molar-refractivity contribution < 1.29 is 5.21 Å². The van der Waals surface area contributed by atoms with Crippen molar-refractivity contribution in [3.05, 3.63) is 29.6 Å². The monoisotopic (exact) mass is 290 g/mol. The van der Waals surface area contributed by atoms with Crippen LogP contribution in [0.5, 0.6) is 0 Å². The summed E-state index contributed by atoms with van der Waals surface area (Å²) in [6, 6.07) is 4.51. The minimum atomic E-state index is 0.0775. The highest BCUT2D eigenvalue weighted by Crippen LogP contribution is 2.29. The van der Waals surface area contributed by atoms with Gasteiger partial charge in [0.1, 0.15) is 5.69 Å². The van der Waals surface area contributed by atoms with E-state index in [-0.39, 0.29) is 5.84 Å². The van der Waals surface area contributed by atoms with Crippen LogP contribution in [-0.2, 0) is 6.54 Å². The normalized spacial score (nSPS) is 23.5. The van der Waals surface area contributed by atoms with Crippen LogP contribution in [0.25, 0.3) is 0 Å². The molecule has 1 aromatic heterocycles. The van der Waals surface area contributed by atoms with Crippen molar-refractivity contribution >= 4 is 5.84 Å². The minimum Gasteiger partial charge on any atom is -0.409 e. The van der Waals surface area contributed by atoms with E-state index < -0.39 is 0 Å². The van der Waals surface area contributed by atoms with Gasteiger partial charge < -0.3 is 10.9 Å². The molecule has 5 nitrogen and oxygen atoms in total. The molecule has 116 valence electrons. The van der Waals surface area contributed by atoms with Gasteiger partial charge in [0.2, 0.25) is 0 Å². The second-order valence-electron chi connectivity index (χ2n) is 5.99. The largest absolute Gasteiger partial charge is 0.409 e. The second-order valence-corrected chi connectivity index (χ2v) is 5.99. The van der Waals surface area contributed by atoms with Gasteiger partial charge in [-0.3, -0.25) is 9.88 Å². The molecular formula is C16H26N4O. The summed E-state index contributed by atoms with van der Waals surface area (Å²) in [5, 5.41) is 11.9. The third kappa shape index (κ3) is 3.94. The van der Waals surface area contributed by atoms with Crippen molar-refractivity contribution in [1.29, 1.82) is 0 Å². The van der Waals surface area contributed by atoms with Crippen LogP contribution in [0.2, 0.25) is 0 Å². The van der Waals surface area contributed by atoms with E-state index >= 15 is 0 Å². The van der Waals surface area contributed by atoms with Crippen molar-refractivity contribution in [2.24, 2.45) is 16.8 Å². The van der Waals surface area contributed by atoms with Gasteiger partial charge in [0.25, 0.3) is 0 Å². The van der Waals surface area contributed by atoms with E-state index in [1.165, 1.54) is 32.1 Å². The molecule has 1 aliphatic rings. The molecule has 1 heterocycles. The maximum atomic E-state index is 8.86. The lowest BCUT2D eigenvalue weighted by molar-refractivity contribution is 0.157. The fourth-order valence-corrected chi connectivity index (χ4v) is 3.24. The molecule has 1 aliphatic carbocycles. The van der Waals surface area contributed by atoms with Gasteiger partial charge in [0, 0.05) is 18.8 Å². The van der Waals surface area contributed by atoms with Crippen molar-refractivity contribution in [1.82, 2.24) is 9.88 Å². The Bertz CT molecular complexity index is 481. The first-order valence-corrected chi connectivity index (χ1v) is 7.77. The average Bonchev–Trinajstić information content (AvgIpc) is 2.54. The van der Waals surface area contributed by atoms with E-state index in [1.54, 1.807) is 6.20 Å². The standard InChI is InChI=1S/C16H26N4O/c1-3-12-6-8-14(9-7-12)20(2)11-13-5-4-10-18-15(13)16(17)19-21/h4-5,10,12,14,21H,3,6-9,11H2,1-2H3,(H2,17,19). The Balaban J connectivity index is 2.02. The summed E-state index contributed by atoms with van der Waals surface area (Å²) >= 11 is 0. The van der Waals surface area contributed by atoms with Gasteiger partial charge in [-0.05, 0) is 50.3 Å². The molecular weight excluding hydrogens is 264 g/mol. The zero-order valence-electron chi connectivity index (χ0n) is 13.0. The summed E-state index contributed by atoms with van der Waals surface area (Å²) in [6.45, 7) is 3.06. The number of nitrogens with two attached hydrogens (primary N) is 1. The van der Waals surface area contributed by atoms with E-state index in [2.05, 4.69) is 29.0 Å². The lowest BCUT2D eigenvalue weighted by Gasteiger charge is -2.34. The van der Waals surface area contributed by atoms with Crippen molar-refractivity contribution in [3.8, 4) is 0 Å². The van der Waals surface area contributed by atoms with Crippen LogP contribution >= 0.6 is 0 Å². The van der Waals surface area contributed by atoms with Crippen LogP contribution in [-0.4, -0.2) is 34.0 Å². The summed E-state index contributed by atoms with van der Waals surface area (Å²) < 4.78 is 0. The van der Waals surface area contributed by atoms with E-state index in [9.17, 15) is 0 Å². The SMILES string of the molecule is CCC1CCC(N(C)Cc2cccnc2C(N)=NO)CC1. The third-order valence-electron chi connectivity index (χ3n) is 4.68. The van der Waals surface area contributed by atoms with Crippen molar-refractivity contribution in [3.63, 3.8) is 0 Å². The number of hydrogen-bond acceptors (Lipinski definition) is 4. The number of pyridine rings is 1. The smallest absolute Gasteiger partial charge is 0.189 e. The summed E-state index contributed by atoms with van der Waals surface area (Å²) in [5.41, 5.74) is 7.29.